The molecule has 0 N–H and O–H groups in total. The van der Waals surface area contributed by atoms with Gasteiger partial charge in [0.15, 0.2) is 0 Å². The van der Waals surface area contributed by atoms with Gasteiger partial charge in [0.25, 0.3) is 0 Å². The Bertz CT molecular complexity index is 3230. The van der Waals surface area contributed by atoms with Crippen LogP contribution in [0.3, 0.4) is 0 Å². The summed E-state index contributed by atoms with van der Waals surface area (Å²) >= 11 is 0. The number of nitrogens with zero attached hydrogens (tertiary/aromatic N) is 2. The number of hydrogen-bond donors (Lipinski definition) is 0. The third-order valence-corrected chi connectivity index (χ3v) is 13.9. The first-order chi connectivity index (χ1) is 31.1. The highest BCUT2D eigenvalue weighted by Gasteiger charge is 2.43. The lowest BCUT2D eigenvalue weighted by Gasteiger charge is -2.30. The van der Waals surface area contributed by atoms with Gasteiger partial charge >= 0.3 is 0 Å². The molecule has 65 heavy (non-hydrogen) atoms. The molecule has 0 fully saturated rings. The van der Waals surface area contributed by atoms with Crippen LogP contribution < -0.4 is 9.80 Å². The monoisotopic (exact) mass is 848 g/mol. The summed E-state index contributed by atoms with van der Waals surface area (Å²) in [6.07, 6.45) is 0. The molecule has 0 unspecified atom stereocenters. The zero-order valence-electron chi connectivity index (χ0n) is 39.2. The third-order valence-electron chi connectivity index (χ3n) is 13.9. The number of aryl methyl sites for hydroxylation is 2. The summed E-state index contributed by atoms with van der Waals surface area (Å²) in [5.74, 6) is 0. The minimum Gasteiger partial charge on any atom is -0.455 e. The fourth-order valence-corrected chi connectivity index (χ4v) is 10.2. The molecule has 4 nitrogen and oxygen atoms in total. The van der Waals surface area contributed by atoms with Crippen molar-refractivity contribution in [3.05, 3.63) is 191 Å². The van der Waals surface area contributed by atoms with Crippen LogP contribution in [-0.2, 0) is 16.2 Å². The predicted molar refractivity (Wildman–Crippen MR) is 275 cm³/mol. The van der Waals surface area contributed by atoms with Gasteiger partial charge in [0.1, 0.15) is 22.3 Å². The van der Waals surface area contributed by atoms with Crippen LogP contribution in [0.25, 0.3) is 55.0 Å². The summed E-state index contributed by atoms with van der Waals surface area (Å²) in [6, 6.07) is 58.0. The summed E-state index contributed by atoms with van der Waals surface area (Å²) in [4.78, 5) is 4.86. The van der Waals surface area contributed by atoms with Crippen molar-refractivity contribution in [3.8, 4) is 11.1 Å². The molecule has 8 aromatic carbocycles. The van der Waals surface area contributed by atoms with Crippen LogP contribution in [0.15, 0.2) is 167 Å². The fraction of sp³-hybridized carbons (Fsp3) is 0.213. The number of rotatable bonds is 6. The van der Waals surface area contributed by atoms with E-state index in [9.17, 15) is 0 Å². The lowest BCUT2D eigenvalue weighted by molar-refractivity contribution is 0.590. The van der Waals surface area contributed by atoms with Gasteiger partial charge < -0.3 is 18.6 Å². The highest BCUT2D eigenvalue weighted by atomic mass is 16.3. The van der Waals surface area contributed by atoms with E-state index in [1.807, 2.05) is 0 Å². The molecule has 10 aromatic rings. The topological polar surface area (TPSA) is 32.8 Å². The minimum absolute atomic E-state index is 0.0242. The largest absolute Gasteiger partial charge is 0.455 e. The van der Waals surface area contributed by atoms with E-state index in [4.69, 9.17) is 8.83 Å². The van der Waals surface area contributed by atoms with Crippen molar-refractivity contribution in [1.82, 2.24) is 0 Å². The summed E-state index contributed by atoms with van der Waals surface area (Å²) in [6.45, 7) is 22.7. The van der Waals surface area contributed by atoms with Gasteiger partial charge in [0.2, 0.25) is 0 Å². The summed E-state index contributed by atoms with van der Waals surface area (Å²) in [7, 11) is 0. The average molecular weight is 849 g/mol. The van der Waals surface area contributed by atoms with Crippen LogP contribution >= 0.6 is 0 Å². The van der Waals surface area contributed by atoms with Gasteiger partial charge in [-0.2, -0.15) is 0 Å². The number of anilines is 6. The van der Waals surface area contributed by atoms with Crippen molar-refractivity contribution in [2.45, 2.75) is 85.5 Å². The van der Waals surface area contributed by atoms with Crippen LogP contribution in [0.2, 0.25) is 0 Å². The Morgan fingerprint density at radius 2 is 0.738 bits per heavy atom. The molecule has 0 saturated carbocycles. The predicted octanol–water partition coefficient (Wildman–Crippen LogP) is 17.9. The highest BCUT2D eigenvalue weighted by molar-refractivity contribution is 6.24. The Morgan fingerprint density at radius 3 is 1.08 bits per heavy atom. The Balaban J connectivity index is 1.24. The number of fused-ring (bicyclic) bond motifs is 11. The van der Waals surface area contributed by atoms with Crippen LogP contribution in [0.1, 0.15) is 88.8 Å². The van der Waals surface area contributed by atoms with E-state index in [-0.39, 0.29) is 10.8 Å². The first-order valence-corrected chi connectivity index (χ1v) is 23.0. The van der Waals surface area contributed by atoms with Gasteiger partial charge in [-0.1, -0.05) is 151 Å². The van der Waals surface area contributed by atoms with E-state index in [0.29, 0.717) is 0 Å². The molecule has 2 aromatic heterocycles. The third kappa shape index (κ3) is 6.48. The van der Waals surface area contributed by atoms with Crippen molar-refractivity contribution >= 4 is 78.0 Å². The summed E-state index contributed by atoms with van der Waals surface area (Å²) < 4.78 is 14.4. The zero-order valence-corrected chi connectivity index (χ0v) is 39.2. The number of furan rings is 2. The Morgan fingerprint density at radius 1 is 0.415 bits per heavy atom. The molecule has 0 aliphatic heterocycles. The van der Waals surface area contributed by atoms with Crippen molar-refractivity contribution in [2.75, 3.05) is 9.80 Å². The second-order valence-corrected chi connectivity index (χ2v) is 20.8. The van der Waals surface area contributed by atoms with Crippen LogP contribution in [0.4, 0.5) is 34.1 Å². The molecule has 0 atom stereocenters. The number of benzene rings is 8. The van der Waals surface area contributed by atoms with Gasteiger partial charge in [0.05, 0.1) is 22.1 Å². The highest BCUT2D eigenvalue weighted by Crippen LogP contribution is 2.60. The van der Waals surface area contributed by atoms with Gasteiger partial charge in [-0.15, -0.1) is 0 Å². The maximum absolute atomic E-state index is 7.20. The fourth-order valence-electron chi connectivity index (χ4n) is 10.2. The molecule has 11 rings (SSSR count). The number of para-hydroxylation sites is 2. The second kappa shape index (κ2) is 14.5. The normalized spacial score (nSPS) is 13.5. The molecule has 1 aliphatic carbocycles. The molecule has 0 amide bonds. The maximum Gasteiger partial charge on any atom is 0.145 e. The Hall–Kier alpha value is -7.04. The SMILES string of the molecule is Cc1ccc(N(c2ccc(C(C)(C)C)cc2)c2cc3c(c4oc5ccccc5c24)-c2c(cc(N(c4ccc(C)cc4)c4ccc(C(C)(C)C)cc4)c4c2oc2ccccc24)C3(C)C)cc1. The van der Waals surface area contributed by atoms with E-state index in [1.54, 1.807) is 0 Å². The average Bonchev–Trinajstić information content (AvgIpc) is 3.93. The van der Waals surface area contributed by atoms with Crippen molar-refractivity contribution < 1.29 is 8.83 Å². The van der Waals surface area contributed by atoms with Gasteiger partial charge in [-0.25, -0.2) is 0 Å². The van der Waals surface area contributed by atoms with Crippen LogP contribution in [0.5, 0.6) is 0 Å². The van der Waals surface area contributed by atoms with Crippen LogP contribution in [0, 0.1) is 13.8 Å². The molecule has 4 heteroatoms. The van der Waals surface area contributed by atoms with E-state index in [2.05, 4.69) is 237 Å². The molecular formula is C61H56N2O2. The lowest BCUT2D eigenvalue weighted by atomic mass is 9.81. The standard InChI is InChI=1S/C61H56N2O2/c1-37-19-27-41(28-20-37)62(43-31-23-39(24-32-43)59(3,4)5)49-35-47-55(57-53(49)45-15-11-13-17-51(45)64-57)56-48(61(47,9)10)36-50(54-46-16-12-14-18-52(46)65-58(54)56)63(42-29-21-38(2)22-30-42)44-33-25-40(26-34-44)60(6,7)8/h11-36H,1-10H3. The molecule has 1 aliphatic rings. The minimum atomic E-state index is -0.460. The molecule has 0 saturated heterocycles. The summed E-state index contributed by atoms with van der Waals surface area (Å²) in [5, 5.41) is 4.32. The lowest BCUT2D eigenvalue weighted by Crippen LogP contribution is -2.18. The molecule has 2 heterocycles. The second-order valence-electron chi connectivity index (χ2n) is 20.8. The number of hydrogen-bond acceptors (Lipinski definition) is 4. The molecule has 0 radical (unpaired) electrons. The van der Waals surface area contributed by atoms with Crippen molar-refractivity contribution in [3.63, 3.8) is 0 Å². The Kier molecular flexibility index (Phi) is 9.07. The zero-order chi connectivity index (χ0) is 45.2. The van der Waals surface area contributed by atoms with E-state index < -0.39 is 5.41 Å². The maximum atomic E-state index is 7.20. The molecular weight excluding hydrogens is 793 g/mol. The van der Waals surface area contributed by atoms with Gasteiger partial charge in [-0.05, 0) is 120 Å². The van der Waals surface area contributed by atoms with E-state index in [1.165, 1.54) is 33.4 Å². The first-order valence-electron chi connectivity index (χ1n) is 23.0. The van der Waals surface area contributed by atoms with Crippen molar-refractivity contribution in [2.24, 2.45) is 0 Å². The molecule has 0 spiro atoms. The molecule has 322 valence electrons. The Labute approximate surface area is 382 Å². The van der Waals surface area contributed by atoms with Gasteiger partial charge in [0, 0.05) is 50.1 Å². The van der Waals surface area contributed by atoms with Crippen LogP contribution in [-0.4, -0.2) is 0 Å². The van der Waals surface area contributed by atoms with E-state index in [0.717, 1.165) is 89.1 Å². The summed E-state index contributed by atoms with van der Waals surface area (Å²) in [5.41, 5.74) is 19.2. The molecule has 0 bridgehead atoms. The van der Waals surface area contributed by atoms with E-state index >= 15 is 0 Å². The first kappa shape index (κ1) is 40.7. The quantitative estimate of drug-likeness (QED) is 0.167. The van der Waals surface area contributed by atoms with Gasteiger partial charge in [-0.3, -0.25) is 0 Å². The smallest absolute Gasteiger partial charge is 0.145 e. The van der Waals surface area contributed by atoms with Crippen molar-refractivity contribution in [1.29, 1.82) is 0 Å².